The summed E-state index contributed by atoms with van der Waals surface area (Å²) in [4.78, 5) is 12.7. The van der Waals surface area contributed by atoms with E-state index >= 15 is 0 Å². The molecule has 0 aliphatic heterocycles. The highest BCUT2D eigenvalue weighted by molar-refractivity contribution is 9.11. The first-order valence-electron chi connectivity index (χ1n) is 6.86. The number of hydrogen-bond donors (Lipinski definition) is 2. The maximum atomic E-state index is 11.9. The average Bonchev–Trinajstić information content (AvgIpc) is 2.91. The summed E-state index contributed by atoms with van der Waals surface area (Å²) >= 11 is 4.80. The molecule has 0 radical (unpaired) electrons. The van der Waals surface area contributed by atoms with E-state index in [2.05, 4.69) is 21.2 Å². The Labute approximate surface area is 137 Å². The van der Waals surface area contributed by atoms with Gasteiger partial charge in [0.05, 0.1) is 14.8 Å². The van der Waals surface area contributed by atoms with E-state index in [1.165, 1.54) is 11.3 Å². The van der Waals surface area contributed by atoms with E-state index in [0.29, 0.717) is 25.9 Å². The van der Waals surface area contributed by atoms with E-state index in [9.17, 15) is 9.90 Å². The number of rotatable bonds is 8. The Morgan fingerprint density at radius 3 is 2.67 bits per heavy atom. The molecule has 0 fully saturated rings. The predicted molar refractivity (Wildman–Crippen MR) is 90.0 cm³/mol. The lowest BCUT2D eigenvalue weighted by Crippen LogP contribution is -2.29. The van der Waals surface area contributed by atoms with E-state index < -0.39 is 6.10 Å². The number of ketones is 1. The molecule has 2 rings (SSSR count). The Kier molecular flexibility index (Phi) is 6.57. The van der Waals surface area contributed by atoms with Crippen LogP contribution in [0, 0.1) is 0 Å². The summed E-state index contributed by atoms with van der Waals surface area (Å²) in [5.74, 6) is 0.135. The van der Waals surface area contributed by atoms with E-state index in [0.717, 1.165) is 14.2 Å². The topological polar surface area (TPSA) is 49.3 Å². The normalized spacial score (nSPS) is 12.3. The molecule has 0 saturated carbocycles. The molecule has 2 N–H and O–H groups in total. The summed E-state index contributed by atoms with van der Waals surface area (Å²) in [5, 5.41) is 13.1. The Morgan fingerprint density at radius 2 is 2.00 bits per heavy atom. The number of halogens is 1. The van der Waals surface area contributed by atoms with Crippen LogP contribution in [0.4, 0.5) is 0 Å². The number of hydrogen-bond acceptors (Lipinski definition) is 4. The van der Waals surface area contributed by atoms with Crippen LogP contribution in [0.15, 0.2) is 46.3 Å². The zero-order valence-corrected chi connectivity index (χ0v) is 14.0. The van der Waals surface area contributed by atoms with Crippen molar-refractivity contribution in [2.75, 3.05) is 13.1 Å². The molecule has 2 aromatic rings. The molecule has 0 saturated heterocycles. The van der Waals surface area contributed by atoms with E-state index in [-0.39, 0.29) is 5.78 Å². The summed E-state index contributed by atoms with van der Waals surface area (Å²) in [6.45, 7) is 1.08. The van der Waals surface area contributed by atoms with Crippen LogP contribution in [0.2, 0.25) is 0 Å². The van der Waals surface area contributed by atoms with Gasteiger partial charge < -0.3 is 10.4 Å². The minimum Gasteiger partial charge on any atom is -0.391 e. The summed E-state index contributed by atoms with van der Waals surface area (Å²) in [5.41, 5.74) is 1.12. The minimum atomic E-state index is -0.432. The molecule has 0 spiro atoms. The quantitative estimate of drug-likeness (QED) is 0.555. The van der Waals surface area contributed by atoms with Gasteiger partial charge in [0.2, 0.25) is 0 Å². The van der Waals surface area contributed by atoms with Gasteiger partial charge in [0.1, 0.15) is 0 Å². The van der Waals surface area contributed by atoms with Gasteiger partial charge in [-0.15, -0.1) is 11.3 Å². The summed E-state index contributed by atoms with van der Waals surface area (Å²) in [6, 6.07) is 13.6. The standard InChI is InChI=1S/C16H18BrNO2S/c17-16-7-6-15(21-16)14(20)8-9-18-11-13(19)10-12-4-2-1-3-5-12/h1-7,13,18-19H,8-11H2. The number of thiophene rings is 1. The Balaban J connectivity index is 1.64. The third-order valence-corrected chi connectivity index (χ3v) is 4.74. The molecule has 3 nitrogen and oxygen atoms in total. The van der Waals surface area contributed by atoms with Crippen LogP contribution in [0.3, 0.4) is 0 Å². The molecule has 0 amide bonds. The Bertz CT molecular complexity index is 571. The smallest absolute Gasteiger partial charge is 0.174 e. The van der Waals surface area contributed by atoms with Gasteiger partial charge in [-0.1, -0.05) is 30.3 Å². The highest BCUT2D eigenvalue weighted by atomic mass is 79.9. The van der Waals surface area contributed by atoms with Gasteiger partial charge in [-0.05, 0) is 40.0 Å². The molecule has 1 heterocycles. The zero-order valence-electron chi connectivity index (χ0n) is 11.6. The van der Waals surface area contributed by atoms with Crippen molar-refractivity contribution in [3.63, 3.8) is 0 Å². The molecular formula is C16H18BrNO2S. The summed E-state index contributed by atoms with van der Waals surface area (Å²) in [7, 11) is 0. The van der Waals surface area contributed by atoms with E-state index in [1.54, 1.807) is 0 Å². The highest BCUT2D eigenvalue weighted by Gasteiger charge is 2.09. The molecule has 1 atom stereocenters. The molecule has 5 heteroatoms. The second-order valence-corrected chi connectivity index (χ2v) is 7.29. The first-order chi connectivity index (χ1) is 10.1. The van der Waals surface area contributed by atoms with Crippen molar-refractivity contribution in [1.29, 1.82) is 0 Å². The fourth-order valence-electron chi connectivity index (χ4n) is 2.02. The van der Waals surface area contributed by atoms with Crippen molar-refractivity contribution in [3.05, 3.63) is 56.7 Å². The number of benzene rings is 1. The first kappa shape index (κ1) is 16.4. The SMILES string of the molecule is O=C(CCNCC(O)Cc1ccccc1)c1ccc(Br)s1. The molecule has 1 aromatic heterocycles. The van der Waals surface area contributed by atoms with Crippen LogP contribution in [0.5, 0.6) is 0 Å². The third kappa shape index (κ3) is 5.71. The summed E-state index contributed by atoms with van der Waals surface area (Å²) < 4.78 is 0.970. The van der Waals surface area contributed by atoms with Crippen molar-refractivity contribution >= 4 is 33.0 Å². The number of aliphatic hydroxyl groups excluding tert-OH is 1. The molecule has 21 heavy (non-hydrogen) atoms. The van der Waals surface area contributed by atoms with Crippen molar-refractivity contribution < 1.29 is 9.90 Å². The molecule has 112 valence electrons. The van der Waals surface area contributed by atoms with E-state index in [4.69, 9.17) is 0 Å². The monoisotopic (exact) mass is 367 g/mol. The molecular weight excluding hydrogens is 350 g/mol. The Morgan fingerprint density at radius 1 is 1.24 bits per heavy atom. The van der Waals surface area contributed by atoms with Crippen molar-refractivity contribution in [1.82, 2.24) is 5.32 Å². The van der Waals surface area contributed by atoms with Gasteiger partial charge in [-0.2, -0.15) is 0 Å². The number of nitrogens with one attached hydrogen (secondary N) is 1. The molecule has 1 aromatic carbocycles. The van der Waals surface area contributed by atoms with Crippen molar-refractivity contribution in [3.8, 4) is 0 Å². The number of Topliss-reactive ketones (excluding diaryl/α,β-unsaturated/α-hetero) is 1. The number of carbonyl (C=O) groups is 1. The second-order valence-electron chi connectivity index (χ2n) is 4.82. The maximum absolute atomic E-state index is 11.9. The maximum Gasteiger partial charge on any atom is 0.174 e. The predicted octanol–water partition coefficient (Wildman–Crippen LogP) is 3.28. The average molecular weight is 368 g/mol. The molecule has 0 bridgehead atoms. The second kappa shape index (κ2) is 8.44. The fourth-order valence-corrected chi connectivity index (χ4v) is 3.37. The largest absolute Gasteiger partial charge is 0.391 e. The highest BCUT2D eigenvalue weighted by Crippen LogP contribution is 2.22. The molecule has 1 unspecified atom stereocenters. The van der Waals surface area contributed by atoms with Crippen LogP contribution in [-0.2, 0) is 6.42 Å². The fraction of sp³-hybridized carbons (Fsp3) is 0.312. The van der Waals surface area contributed by atoms with Gasteiger partial charge in [0.25, 0.3) is 0 Å². The summed E-state index contributed by atoms with van der Waals surface area (Å²) in [6.07, 6.45) is 0.642. The van der Waals surface area contributed by atoms with Crippen LogP contribution in [-0.4, -0.2) is 30.1 Å². The number of carbonyl (C=O) groups excluding carboxylic acids is 1. The van der Waals surface area contributed by atoms with Gasteiger partial charge in [0.15, 0.2) is 5.78 Å². The van der Waals surface area contributed by atoms with Crippen LogP contribution < -0.4 is 5.32 Å². The third-order valence-electron chi connectivity index (χ3n) is 3.07. The zero-order chi connectivity index (χ0) is 15.1. The lowest BCUT2D eigenvalue weighted by molar-refractivity contribution is 0.0983. The van der Waals surface area contributed by atoms with Crippen molar-refractivity contribution in [2.24, 2.45) is 0 Å². The first-order valence-corrected chi connectivity index (χ1v) is 8.47. The van der Waals surface area contributed by atoms with Gasteiger partial charge in [-0.25, -0.2) is 0 Å². The number of aliphatic hydroxyl groups is 1. The minimum absolute atomic E-state index is 0.135. The lowest BCUT2D eigenvalue weighted by atomic mass is 10.1. The van der Waals surface area contributed by atoms with Gasteiger partial charge in [0, 0.05) is 19.5 Å². The van der Waals surface area contributed by atoms with Gasteiger partial charge >= 0.3 is 0 Å². The van der Waals surface area contributed by atoms with Gasteiger partial charge in [-0.3, -0.25) is 4.79 Å². The van der Waals surface area contributed by atoms with Crippen LogP contribution in [0.25, 0.3) is 0 Å². The molecule has 0 aliphatic carbocycles. The Hall–Kier alpha value is -1.01. The van der Waals surface area contributed by atoms with Crippen LogP contribution >= 0.6 is 27.3 Å². The van der Waals surface area contributed by atoms with Crippen molar-refractivity contribution in [2.45, 2.75) is 18.9 Å². The van der Waals surface area contributed by atoms with E-state index in [1.807, 2.05) is 42.5 Å². The van der Waals surface area contributed by atoms with Crippen LogP contribution in [0.1, 0.15) is 21.7 Å². The molecule has 0 aliphatic rings. The lowest BCUT2D eigenvalue weighted by Gasteiger charge is -2.11.